The van der Waals surface area contributed by atoms with E-state index in [0.717, 1.165) is 12.4 Å². The van der Waals surface area contributed by atoms with Gasteiger partial charge in [0.15, 0.2) is 0 Å². The van der Waals surface area contributed by atoms with Gasteiger partial charge in [-0.2, -0.15) is 0 Å². The molecule has 0 amide bonds. The van der Waals surface area contributed by atoms with Crippen LogP contribution in [0.25, 0.3) is 0 Å². The number of nitrogens with zero attached hydrogens (tertiary/aromatic N) is 3. The van der Waals surface area contributed by atoms with E-state index in [4.69, 9.17) is 0 Å². The summed E-state index contributed by atoms with van der Waals surface area (Å²) in [6.07, 6.45) is 2.59. The summed E-state index contributed by atoms with van der Waals surface area (Å²) in [4.78, 5) is 9.30. The minimum Gasteiger partial charge on any atom is -0.363 e. The SMILES string of the molecule is CCN1CCC[C@@H]1c1ccc(N(C)C)nc1C. The van der Waals surface area contributed by atoms with Crippen LogP contribution in [0.5, 0.6) is 0 Å². The van der Waals surface area contributed by atoms with Crippen LogP contribution in [0.1, 0.15) is 37.1 Å². The molecule has 1 aromatic rings. The van der Waals surface area contributed by atoms with E-state index in [1.54, 1.807) is 0 Å². The molecule has 17 heavy (non-hydrogen) atoms. The van der Waals surface area contributed by atoms with Gasteiger partial charge in [-0.25, -0.2) is 4.98 Å². The first-order valence-electron chi connectivity index (χ1n) is 6.52. The average molecular weight is 233 g/mol. The number of rotatable bonds is 3. The van der Waals surface area contributed by atoms with Gasteiger partial charge in [0.1, 0.15) is 5.82 Å². The molecule has 2 heterocycles. The lowest BCUT2D eigenvalue weighted by atomic mass is 10.0. The fourth-order valence-electron chi connectivity index (χ4n) is 2.72. The molecule has 0 unspecified atom stereocenters. The van der Waals surface area contributed by atoms with Crippen molar-refractivity contribution in [3.05, 3.63) is 23.4 Å². The number of hydrogen-bond donors (Lipinski definition) is 0. The van der Waals surface area contributed by atoms with Gasteiger partial charge in [0.2, 0.25) is 0 Å². The molecule has 2 rings (SSSR count). The Kier molecular flexibility index (Phi) is 3.67. The third-order valence-electron chi connectivity index (χ3n) is 3.70. The molecule has 3 nitrogen and oxygen atoms in total. The molecule has 94 valence electrons. The van der Waals surface area contributed by atoms with Gasteiger partial charge in [0.25, 0.3) is 0 Å². The third-order valence-corrected chi connectivity index (χ3v) is 3.70. The lowest BCUT2D eigenvalue weighted by Crippen LogP contribution is -2.23. The van der Waals surface area contributed by atoms with Gasteiger partial charge >= 0.3 is 0 Å². The summed E-state index contributed by atoms with van der Waals surface area (Å²) in [6, 6.07) is 4.98. The van der Waals surface area contributed by atoms with Crippen LogP contribution in [0, 0.1) is 6.92 Å². The van der Waals surface area contributed by atoms with Gasteiger partial charge in [-0.05, 0) is 44.5 Å². The summed E-state index contributed by atoms with van der Waals surface area (Å²) in [5.74, 6) is 1.05. The van der Waals surface area contributed by atoms with E-state index in [2.05, 4.69) is 40.8 Å². The maximum atomic E-state index is 4.69. The quantitative estimate of drug-likeness (QED) is 0.800. The lowest BCUT2D eigenvalue weighted by Gasteiger charge is -2.25. The molecule has 3 heteroatoms. The van der Waals surface area contributed by atoms with Gasteiger partial charge in [0.05, 0.1) is 0 Å². The predicted octanol–water partition coefficient (Wildman–Crippen LogP) is 2.61. The molecule has 0 N–H and O–H groups in total. The van der Waals surface area contributed by atoms with Crippen molar-refractivity contribution < 1.29 is 0 Å². The van der Waals surface area contributed by atoms with E-state index >= 15 is 0 Å². The molecule has 1 atom stereocenters. The van der Waals surface area contributed by atoms with Crippen molar-refractivity contribution in [2.24, 2.45) is 0 Å². The Balaban J connectivity index is 2.27. The van der Waals surface area contributed by atoms with E-state index in [9.17, 15) is 0 Å². The summed E-state index contributed by atoms with van der Waals surface area (Å²) >= 11 is 0. The van der Waals surface area contributed by atoms with Crippen molar-refractivity contribution in [2.75, 3.05) is 32.1 Å². The van der Waals surface area contributed by atoms with Crippen LogP contribution in [0.3, 0.4) is 0 Å². The zero-order chi connectivity index (χ0) is 12.4. The Morgan fingerprint density at radius 2 is 2.18 bits per heavy atom. The number of hydrogen-bond acceptors (Lipinski definition) is 3. The van der Waals surface area contributed by atoms with Crippen LogP contribution in [0.15, 0.2) is 12.1 Å². The minimum atomic E-state index is 0.587. The fourth-order valence-corrected chi connectivity index (χ4v) is 2.72. The first-order chi connectivity index (χ1) is 8.13. The summed E-state index contributed by atoms with van der Waals surface area (Å²) in [7, 11) is 4.07. The van der Waals surface area contributed by atoms with Crippen molar-refractivity contribution in [1.82, 2.24) is 9.88 Å². The third kappa shape index (κ3) is 2.44. The second-order valence-electron chi connectivity index (χ2n) is 5.03. The molecule has 1 aromatic heterocycles. The van der Waals surface area contributed by atoms with E-state index in [1.807, 2.05) is 14.1 Å². The Hall–Kier alpha value is -1.09. The molecule has 0 spiro atoms. The molecule has 0 aliphatic carbocycles. The predicted molar refractivity (Wildman–Crippen MR) is 72.5 cm³/mol. The van der Waals surface area contributed by atoms with Crippen LogP contribution in [-0.2, 0) is 0 Å². The molecule has 0 radical (unpaired) electrons. The van der Waals surface area contributed by atoms with Crippen molar-refractivity contribution >= 4 is 5.82 Å². The highest BCUT2D eigenvalue weighted by Crippen LogP contribution is 2.33. The highest BCUT2D eigenvalue weighted by molar-refractivity contribution is 5.41. The Labute approximate surface area is 104 Å². The molecule has 0 aromatic carbocycles. The van der Waals surface area contributed by atoms with Crippen LogP contribution in [0.4, 0.5) is 5.82 Å². The van der Waals surface area contributed by atoms with Crippen molar-refractivity contribution in [2.45, 2.75) is 32.7 Å². The van der Waals surface area contributed by atoms with Crippen LogP contribution in [-0.4, -0.2) is 37.1 Å². The van der Waals surface area contributed by atoms with E-state index in [0.29, 0.717) is 6.04 Å². The van der Waals surface area contributed by atoms with E-state index < -0.39 is 0 Å². The number of aryl methyl sites for hydroxylation is 1. The van der Waals surface area contributed by atoms with Crippen LogP contribution in [0.2, 0.25) is 0 Å². The second-order valence-corrected chi connectivity index (χ2v) is 5.03. The normalized spacial score (nSPS) is 20.8. The van der Waals surface area contributed by atoms with Gasteiger partial charge in [-0.1, -0.05) is 13.0 Å². The fraction of sp³-hybridized carbons (Fsp3) is 0.643. The average Bonchev–Trinajstić information content (AvgIpc) is 2.76. The summed E-state index contributed by atoms with van der Waals surface area (Å²) < 4.78 is 0. The number of aromatic nitrogens is 1. The molecular formula is C14H23N3. The Morgan fingerprint density at radius 1 is 1.41 bits per heavy atom. The molecule has 1 aliphatic heterocycles. The van der Waals surface area contributed by atoms with Gasteiger partial charge in [0, 0.05) is 25.8 Å². The summed E-state index contributed by atoms with van der Waals surface area (Å²) in [6.45, 7) is 6.75. The van der Waals surface area contributed by atoms with E-state index in [-0.39, 0.29) is 0 Å². The smallest absolute Gasteiger partial charge is 0.128 e. The lowest BCUT2D eigenvalue weighted by molar-refractivity contribution is 0.270. The first-order valence-corrected chi connectivity index (χ1v) is 6.52. The van der Waals surface area contributed by atoms with Crippen molar-refractivity contribution in [1.29, 1.82) is 0 Å². The van der Waals surface area contributed by atoms with Crippen LogP contribution >= 0.6 is 0 Å². The summed E-state index contributed by atoms with van der Waals surface area (Å²) in [5.41, 5.74) is 2.59. The maximum absolute atomic E-state index is 4.69. The highest BCUT2D eigenvalue weighted by Gasteiger charge is 2.26. The molecule has 0 bridgehead atoms. The van der Waals surface area contributed by atoms with Gasteiger partial charge in [-0.15, -0.1) is 0 Å². The monoisotopic (exact) mass is 233 g/mol. The summed E-state index contributed by atoms with van der Waals surface area (Å²) in [5, 5.41) is 0. The molecule has 1 fully saturated rings. The number of likely N-dealkylation sites (tertiary alicyclic amines) is 1. The van der Waals surface area contributed by atoms with E-state index in [1.165, 1.54) is 30.6 Å². The maximum Gasteiger partial charge on any atom is 0.128 e. The molecule has 1 aliphatic rings. The Morgan fingerprint density at radius 3 is 2.76 bits per heavy atom. The topological polar surface area (TPSA) is 19.4 Å². The molecular weight excluding hydrogens is 210 g/mol. The number of anilines is 1. The zero-order valence-electron chi connectivity index (χ0n) is 11.4. The molecule has 0 saturated carbocycles. The zero-order valence-corrected chi connectivity index (χ0v) is 11.4. The first kappa shape index (κ1) is 12.4. The largest absolute Gasteiger partial charge is 0.363 e. The highest BCUT2D eigenvalue weighted by atomic mass is 15.2. The Bertz CT molecular complexity index is 387. The van der Waals surface area contributed by atoms with Crippen LogP contribution < -0.4 is 4.90 Å². The van der Waals surface area contributed by atoms with Gasteiger partial charge in [-0.3, -0.25) is 4.90 Å². The number of pyridine rings is 1. The minimum absolute atomic E-state index is 0.587. The van der Waals surface area contributed by atoms with Gasteiger partial charge < -0.3 is 4.90 Å². The molecule has 1 saturated heterocycles. The standard InChI is InChI=1S/C14H23N3/c1-5-17-10-6-7-13(17)12-8-9-14(16(3)4)15-11(12)2/h8-9,13H,5-7,10H2,1-4H3/t13-/m1/s1. The van der Waals surface area contributed by atoms with Crippen molar-refractivity contribution in [3.63, 3.8) is 0 Å². The second kappa shape index (κ2) is 5.05. The van der Waals surface area contributed by atoms with Crippen molar-refractivity contribution in [3.8, 4) is 0 Å².